The highest BCUT2D eigenvalue weighted by molar-refractivity contribution is 5.76. The third-order valence-corrected chi connectivity index (χ3v) is 5.17. The SMILES string of the molecule is CNC(=O)N(CC=O)CCCCCNNC1(c2ccc(F)c(OCC(C)(C)O)c2)CC1. The summed E-state index contributed by atoms with van der Waals surface area (Å²) >= 11 is 0. The number of unbranched alkanes of at least 4 members (excludes halogenated alkanes) is 2. The number of aldehydes is 1. The van der Waals surface area contributed by atoms with E-state index in [1.54, 1.807) is 33.0 Å². The molecule has 31 heavy (non-hydrogen) atoms. The molecule has 1 saturated carbocycles. The molecule has 0 aliphatic heterocycles. The first-order valence-corrected chi connectivity index (χ1v) is 10.8. The molecule has 1 aromatic rings. The number of carbonyl (C=O) groups excluding carboxylic acids is 2. The van der Waals surface area contributed by atoms with Crippen molar-refractivity contribution in [1.82, 2.24) is 21.1 Å². The molecule has 1 aliphatic carbocycles. The summed E-state index contributed by atoms with van der Waals surface area (Å²) in [4.78, 5) is 23.8. The van der Waals surface area contributed by atoms with Crippen molar-refractivity contribution in [2.24, 2.45) is 0 Å². The Morgan fingerprint density at radius 3 is 2.68 bits per heavy atom. The number of carbonyl (C=O) groups is 2. The van der Waals surface area contributed by atoms with Gasteiger partial charge in [0.2, 0.25) is 0 Å². The minimum atomic E-state index is -1.04. The van der Waals surface area contributed by atoms with Gasteiger partial charge in [-0.1, -0.05) is 12.5 Å². The Labute approximate surface area is 183 Å². The van der Waals surface area contributed by atoms with Gasteiger partial charge in [0.1, 0.15) is 12.9 Å². The zero-order valence-electron chi connectivity index (χ0n) is 18.7. The third kappa shape index (κ3) is 8.08. The fourth-order valence-electron chi connectivity index (χ4n) is 3.23. The highest BCUT2D eigenvalue weighted by Gasteiger charge is 2.44. The van der Waals surface area contributed by atoms with E-state index in [0.717, 1.165) is 50.5 Å². The van der Waals surface area contributed by atoms with Gasteiger partial charge in [-0.25, -0.2) is 14.6 Å². The summed E-state index contributed by atoms with van der Waals surface area (Å²) in [7, 11) is 1.55. The second-order valence-corrected chi connectivity index (χ2v) is 8.61. The van der Waals surface area contributed by atoms with Crippen molar-refractivity contribution in [2.75, 3.05) is 33.3 Å². The van der Waals surface area contributed by atoms with Gasteiger partial charge in [0, 0.05) is 20.1 Å². The normalized spacial score (nSPS) is 14.7. The lowest BCUT2D eigenvalue weighted by molar-refractivity contribution is -0.108. The Balaban J connectivity index is 1.74. The first-order valence-electron chi connectivity index (χ1n) is 10.8. The number of benzene rings is 1. The van der Waals surface area contributed by atoms with E-state index in [-0.39, 0.29) is 30.5 Å². The lowest BCUT2D eigenvalue weighted by atomic mass is 10.0. The Kier molecular flexibility index (Phi) is 9.21. The molecule has 0 spiro atoms. The quantitative estimate of drug-likeness (QED) is 0.201. The maximum absolute atomic E-state index is 14.1. The highest BCUT2D eigenvalue weighted by Crippen LogP contribution is 2.46. The first kappa shape index (κ1) is 25.0. The molecule has 0 bridgehead atoms. The van der Waals surface area contributed by atoms with Crippen LogP contribution in [0, 0.1) is 5.82 Å². The van der Waals surface area contributed by atoms with Gasteiger partial charge >= 0.3 is 6.03 Å². The standard InChI is InChI=1S/C22H35FN4O4/c1-21(2,30)16-31-19-15-17(7-8-18(19)23)22(9-10-22)26-25-11-5-4-6-12-27(13-14-28)20(29)24-3/h7-8,14-15,25-26,30H,4-6,9-13,16H2,1-3H3,(H,24,29). The van der Waals surface area contributed by atoms with Crippen molar-refractivity contribution < 1.29 is 23.8 Å². The predicted octanol–water partition coefficient (Wildman–Crippen LogP) is 2.07. The number of urea groups is 1. The largest absolute Gasteiger partial charge is 0.488 e. The number of rotatable bonds is 14. The zero-order valence-corrected chi connectivity index (χ0v) is 18.7. The lowest BCUT2D eigenvalue weighted by Gasteiger charge is -2.22. The number of amides is 2. The van der Waals surface area contributed by atoms with Gasteiger partial charge in [-0.15, -0.1) is 0 Å². The van der Waals surface area contributed by atoms with E-state index in [1.165, 1.54) is 11.0 Å². The van der Waals surface area contributed by atoms with Crippen LogP contribution < -0.4 is 20.9 Å². The summed E-state index contributed by atoms with van der Waals surface area (Å²) in [6.07, 6.45) is 5.24. The predicted molar refractivity (Wildman–Crippen MR) is 116 cm³/mol. The Morgan fingerprint density at radius 2 is 2.06 bits per heavy atom. The molecule has 0 radical (unpaired) electrons. The minimum absolute atomic E-state index is 0.0102. The maximum atomic E-state index is 14.1. The van der Waals surface area contributed by atoms with Gasteiger partial charge < -0.3 is 24.9 Å². The van der Waals surface area contributed by atoms with Crippen molar-refractivity contribution >= 4 is 12.3 Å². The number of hydrogen-bond donors (Lipinski definition) is 4. The van der Waals surface area contributed by atoms with Crippen LogP contribution in [0.15, 0.2) is 18.2 Å². The Morgan fingerprint density at radius 1 is 1.32 bits per heavy atom. The molecule has 0 unspecified atom stereocenters. The van der Waals surface area contributed by atoms with E-state index < -0.39 is 11.4 Å². The molecule has 8 nitrogen and oxygen atoms in total. The van der Waals surface area contributed by atoms with Gasteiger partial charge in [0.15, 0.2) is 11.6 Å². The van der Waals surface area contributed by atoms with Crippen molar-refractivity contribution in [3.8, 4) is 5.75 Å². The fraction of sp³-hybridized carbons (Fsp3) is 0.636. The van der Waals surface area contributed by atoms with Crippen molar-refractivity contribution in [3.05, 3.63) is 29.6 Å². The van der Waals surface area contributed by atoms with E-state index >= 15 is 0 Å². The smallest absolute Gasteiger partial charge is 0.317 e. The number of hydrogen-bond acceptors (Lipinski definition) is 6. The van der Waals surface area contributed by atoms with E-state index in [2.05, 4.69) is 16.2 Å². The van der Waals surface area contributed by atoms with Crippen LogP contribution in [0.4, 0.5) is 9.18 Å². The Hall–Kier alpha value is -2.23. The molecule has 4 N–H and O–H groups in total. The fourth-order valence-corrected chi connectivity index (χ4v) is 3.23. The molecular formula is C22H35FN4O4. The topological polar surface area (TPSA) is 103 Å². The van der Waals surface area contributed by atoms with Crippen LogP contribution in [-0.2, 0) is 10.3 Å². The summed E-state index contributed by atoms with van der Waals surface area (Å²) in [6, 6.07) is 4.61. The Bertz CT molecular complexity index is 735. The minimum Gasteiger partial charge on any atom is -0.488 e. The molecule has 0 saturated heterocycles. The number of halogens is 1. The van der Waals surface area contributed by atoms with Crippen LogP contribution in [0.5, 0.6) is 5.75 Å². The lowest BCUT2D eigenvalue weighted by Crippen LogP contribution is -2.41. The summed E-state index contributed by atoms with van der Waals surface area (Å²) < 4.78 is 19.5. The molecule has 1 fully saturated rings. The van der Waals surface area contributed by atoms with Crippen LogP contribution in [0.2, 0.25) is 0 Å². The number of nitrogens with zero attached hydrogens (tertiary/aromatic N) is 1. The maximum Gasteiger partial charge on any atom is 0.317 e. The molecule has 1 aliphatic rings. The van der Waals surface area contributed by atoms with Gasteiger partial charge in [-0.2, -0.15) is 0 Å². The molecule has 0 atom stereocenters. The summed E-state index contributed by atoms with van der Waals surface area (Å²) in [5.41, 5.74) is 6.28. The average molecular weight is 439 g/mol. The van der Waals surface area contributed by atoms with E-state index in [9.17, 15) is 19.1 Å². The zero-order chi connectivity index (χ0) is 22.9. The van der Waals surface area contributed by atoms with Crippen LogP contribution in [0.3, 0.4) is 0 Å². The van der Waals surface area contributed by atoms with Crippen molar-refractivity contribution in [2.45, 2.75) is 57.1 Å². The van der Waals surface area contributed by atoms with E-state index in [1.807, 2.05) is 0 Å². The molecule has 0 aromatic heterocycles. The first-order chi connectivity index (χ1) is 14.7. The van der Waals surface area contributed by atoms with Crippen LogP contribution in [-0.4, -0.2) is 61.2 Å². The molecule has 1 aromatic carbocycles. The monoisotopic (exact) mass is 438 g/mol. The molecule has 0 heterocycles. The number of hydrazine groups is 1. The van der Waals surface area contributed by atoms with E-state index in [0.29, 0.717) is 6.54 Å². The van der Waals surface area contributed by atoms with Gasteiger partial charge in [0.05, 0.1) is 17.7 Å². The van der Waals surface area contributed by atoms with Crippen molar-refractivity contribution in [3.63, 3.8) is 0 Å². The second kappa shape index (κ2) is 11.4. The second-order valence-electron chi connectivity index (χ2n) is 8.61. The average Bonchev–Trinajstić information content (AvgIpc) is 3.51. The van der Waals surface area contributed by atoms with Crippen LogP contribution in [0.25, 0.3) is 0 Å². The summed E-state index contributed by atoms with van der Waals surface area (Å²) in [5, 5.41) is 12.3. The van der Waals surface area contributed by atoms with Gasteiger partial charge in [-0.3, -0.25) is 5.43 Å². The number of ether oxygens (including phenoxy) is 1. The summed E-state index contributed by atoms with van der Waals surface area (Å²) in [5.74, 6) is -0.305. The van der Waals surface area contributed by atoms with Crippen molar-refractivity contribution in [1.29, 1.82) is 0 Å². The highest BCUT2D eigenvalue weighted by atomic mass is 19.1. The van der Waals surface area contributed by atoms with Crippen LogP contribution >= 0.6 is 0 Å². The van der Waals surface area contributed by atoms with Crippen LogP contribution in [0.1, 0.15) is 51.5 Å². The molecule has 9 heteroatoms. The molecule has 2 rings (SSSR count). The van der Waals surface area contributed by atoms with Gasteiger partial charge in [-0.05, 0) is 57.2 Å². The number of nitrogens with one attached hydrogen (secondary N) is 3. The third-order valence-electron chi connectivity index (χ3n) is 5.17. The van der Waals surface area contributed by atoms with E-state index in [4.69, 9.17) is 4.74 Å². The summed E-state index contributed by atoms with van der Waals surface area (Å²) in [6.45, 7) is 4.62. The number of aliphatic hydroxyl groups is 1. The van der Waals surface area contributed by atoms with Gasteiger partial charge in [0.25, 0.3) is 0 Å². The molecular weight excluding hydrogens is 403 g/mol. The molecule has 174 valence electrons. The molecule has 2 amide bonds.